The molecule has 1 unspecified atom stereocenters. The van der Waals surface area contributed by atoms with Crippen LogP contribution in [0.1, 0.15) is 22.4 Å². The highest BCUT2D eigenvalue weighted by Crippen LogP contribution is 2.47. The molecule has 3 N–H and O–H groups in total. The van der Waals surface area contributed by atoms with Gasteiger partial charge in [0.25, 0.3) is 11.8 Å². The topological polar surface area (TPSA) is 162 Å². The fourth-order valence-electron chi connectivity index (χ4n) is 7.74. The number of aromatic nitrogens is 2. The van der Waals surface area contributed by atoms with Crippen molar-refractivity contribution in [2.45, 2.75) is 21.3 Å². The van der Waals surface area contributed by atoms with E-state index in [0.29, 0.717) is 43.6 Å². The van der Waals surface area contributed by atoms with Gasteiger partial charge in [0.05, 0.1) is 6.61 Å². The van der Waals surface area contributed by atoms with Crippen molar-refractivity contribution in [1.82, 2.24) is 30.1 Å². The van der Waals surface area contributed by atoms with Crippen molar-refractivity contribution in [3.05, 3.63) is 155 Å². The van der Waals surface area contributed by atoms with E-state index in [1.807, 2.05) is 66.7 Å². The first-order valence-electron chi connectivity index (χ1n) is 19.7. The maximum Gasteiger partial charge on any atom is 0.373 e. The largest absolute Gasteiger partial charge is 0.398 e. The summed E-state index contributed by atoms with van der Waals surface area (Å²) in [5.41, 5.74) is 0.897. The summed E-state index contributed by atoms with van der Waals surface area (Å²) in [7, 11) is 1.35. The zero-order valence-electron chi connectivity index (χ0n) is 33.3. The number of piperazine rings is 1. The lowest BCUT2D eigenvalue weighted by atomic mass is 9.77. The Morgan fingerprint density at radius 1 is 0.934 bits per heavy atom. The molecule has 2 saturated heterocycles. The first kappa shape index (κ1) is 42.1. The number of hydrogen-bond donors (Lipinski definition) is 3. The molecule has 2 atom stereocenters. The average molecular weight is 877 g/mol. The number of pyridine rings is 1. The normalized spacial score (nSPS) is 19.6. The van der Waals surface area contributed by atoms with Crippen molar-refractivity contribution < 1.29 is 29.2 Å². The molecular formula is C44H44N8O6S3. The zero-order valence-corrected chi connectivity index (χ0v) is 35.7. The standard InChI is InChI=1S/C44H44N8O6S3/c1-57-49-37(35-29-60-42(46-35)48-44(31-11-5-2-6-12-31,32-13-7-3-8-14-32)33-15-9-4-10-16-33)38(54)47-43(30-61-34-17-20-45-21-18-34)40(56)52-36(19-28-59-41(43)52)39(55)58-51-24-22-50(23-25-51)26-27-53/h2-21,29,41,53H,22-28,30H2,1H3,(H,46,48)(H,47,54)/b49-37-/t41-,43?/m0/s1. The number of nitrogens with one attached hydrogen (secondary N) is 2. The number of hydrogen-bond acceptors (Lipinski definition) is 15. The second kappa shape index (κ2) is 19.0. The summed E-state index contributed by atoms with van der Waals surface area (Å²) in [4.78, 5) is 67.2. The van der Waals surface area contributed by atoms with Gasteiger partial charge in [-0.3, -0.25) is 24.4 Å². The Morgan fingerprint density at radius 3 is 2.15 bits per heavy atom. The van der Waals surface area contributed by atoms with Gasteiger partial charge < -0.3 is 25.4 Å². The van der Waals surface area contributed by atoms with Crippen molar-refractivity contribution in [1.29, 1.82) is 0 Å². The maximum atomic E-state index is 14.6. The van der Waals surface area contributed by atoms with Crippen LogP contribution in [0, 0.1) is 0 Å². The Bertz CT molecular complexity index is 2270. The number of thioether (sulfide) groups is 2. The summed E-state index contributed by atoms with van der Waals surface area (Å²) in [5.74, 6) is -1.19. The number of oxime groups is 1. The van der Waals surface area contributed by atoms with Crippen molar-refractivity contribution in [2.75, 3.05) is 63.3 Å². The summed E-state index contributed by atoms with van der Waals surface area (Å²) in [6.07, 6.45) is 5.02. The van der Waals surface area contributed by atoms with Gasteiger partial charge in [0.2, 0.25) is 0 Å². The molecule has 0 radical (unpaired) electrons. The van der Waals surface area contributed by atoms with Gasteiger partial charge in [-0.1, -0.05) is 96.2 Å². The van der Waals surface area contributed by atoms with Crippen LogP contribution in [0.2, 0.25) is 0 Å². The highest BCUT2D eigenvalue weighted by Gasteiger charge is 2.65. The first-order chi connectivity index (χ1) is 29.9. The molecule has 0 bridgehead atoms. The van der Waals surface area contributed by atoms with E-state index in [1.165, 1.54) is 46.9 Å². The number of β-amino-alcohol motifs (C(OH)–C–C–N with tert-alkyl or cyclic N) is 1. The molecule has 3 aliphatic heterocycles. The third kappa shape index (κ3) is 8.67. The zero-order chi connectivity index (χ0) is 42.2. The van der Waals surface area contributed by atoms with Crippen LogP contribution in [-0.4, -0.2) is 122 Å². The molecule has 17 heteroatoms. The van der Waals surface area contributed by atoms with Gasteiger partial charge in [0, 0.05) is 66.9 Å². The fraction of sp³-hybridized carbons (Fsp3) is 0.273. The maximum absolute atomic E-state index is 14.6. The van der Waals surface area contributed by atoms with Crippen molar-refractivity contribution in [3.63, 3.8) is 0 Å². The van der Waals surface area contributed by atoms with Gasteiger partial charge in [0.15, 0.2) is 16.4 Å². The SMILES string of the molecule is CO/N=C(\C(=O)NC1(CSc2ccncc2)C(=O)N2C(C(=O)ON3CCN(CCO)CC3)=CCS[C@H]21)c1csc(NC(c2ccccc2)(c2ccccc2)c2ccccc2)n1. The van der Waals surface area contributed by atoms with Crippen LogP contribution in [0.25, 0.3) is 0 Å². The summed E-state index contributed by atoms with van der Waals surface area (Å²) in [6, 6.07) is 34.0. The molecule has 314 valence electrons. The Kier molecular flexibility index (Phi) is 13.1. The van der Waals surface area contributed by atoms with E-state index in [-0.39, 0.29) is 29.5 Å². The molecule has 0 aliphatic carbocycles. The second-order valence-corrected chi connectivity index (χ2v) is 17.4. The number of amides is 2. The second-order valence-electron chi connectivity index (χ2n) is 14.4. The lowest BCUT2D eigenvalue weighted by Crippen LogP contribution is -2.81. The van der Waals surface area contributed by atoms with Crippen LogP contribution in [0.15, 0.2) is 143 Å². The van der Waals surface area contributed by atoms with E-state index in [4.69, 9.17) is 14.7 Å². The lowest BCUT2D eigenvalue weighted by molar-refractivity contribution is -0.196. The third-order valence-corrected chi connectivity index (χ3v) is 14.0. The van der Waals surface area contributed by atoms with E-state index < -0.39 is 34.2 Å². The molecule has 0 saturated carbocycles. The Hall–Kier alpha value is -5.56. The first-order valence-corrected chi connectivity index (χ1v) is 22.6. The number of nitrogens with zero attached hydrogens (tertiary/aromatic N) is 6. The number of aliphatic hydroxyl groups excluding tert-OH is 1. The van der Waals surface area contributed by atoms with Crippen molar-refractivity contribution >= 4 is 63.5 Å². The molecule has 0 spiro atoms. The van der Waals surface area contributed by atoms with Gasteiger partial charge in [-0.15, -0.1) is 39.9 Å². The van der Waals surface area contributed by atoms with Gasteiger partial charge in [-0.05, 0) is 34.9 Å². The third-order valence-electron chi connectivity index (χ3n) is 10.7. The monoisotopic (exact) mass is 876 g/mol. The highest BCUT2D eigenvalue weighted by molar-refractivity contribution is 8.01. The number of carbonyl (C=O) groups is 3. The number of anilines is 1. The summed E-state index contributed by atoms with van der Waals surface area (Å²) in [6.45, 7) is 2.80. The van der Waals surface area contributed by atoms with E-state index in [0.717, 1.165) is 21.6 Å². The number of hydroxylamine groups is 2. The number of aliphatic hydroxyl groups is 1. The highest BCUT2D eigenvalue weighted by atomic mass is 32.2. The van der Waals surface area contributed by atoms with Gasteiger partial charge >= 0.3 is 5.97 Å². The number of β-lactam (4-membered cyclic amide) rings is 1. The molecule has 5 aromatic rings. The van der Waals surface area contributed by atoms with Gasteiger partial charge in [0.1, 0.15) is 29.4 Å². The Balaban J connectivity index is 1.07. The molecule has 61 heavy (non-hydrogen) atoms. The Morgan fingerprint density at radius 2 is 1.56 bits per heavy atom. The molecule has 2 aromatic heterocycles. The number of benzene rings is 3. The van der Waals surface area contributed by atoms with Crippen LogP contribution in [0.4, 0.5) is 5.13 Å². The fourth-order valence-corrected chi connectivity index (χ4v) is 11.0. The molecule has 3 aliphatic rings. The van der Waals surface area contributed by atoms with Crippen LogP contribution in [-0.2, 0) is 29.6 Å². The van der Waals surface area contributed by atoms with E-state index >= 15 is 0 Å². The number of rotatable bonds is 16. The number of thiazole rings is 1. The van der Waals surface area contributed by atoms with Crippen LogP contribution < -0.4 is 10.6 Å². The predicted molar refractivity (Wildman–Crippen MR) is 237 cm³/mol. The van der Waals surface area contributed by atoms with Crippen LogP contribution >= 0.6 is 34.9 Å². The Labute approximate surface area is 366 Å². The number of fused-ring (bicyclic) bond motifs is 1. The molecule has 8 rings (SSSR count). The minimum absolute atomic E-state index is 0.0558. The van der Waals surface area contributed by atoms with E-state index in [9.17, 15) is 19.5 Å². The molecular weight excluding hydrogens is 833 g/mol. The molecule has 3 aromatic carbocycles. The lowest BCUT2D eigenvalue weighted by Gasteiger charge is -2.56. The molecule has 14 nitrogen and oxygen atoms in total. The number of carbonyl (C=O) groups excluding carboxylic acids is 3. The van der Waals surface area contributed by atoms with Gasteiger partial charge in [-0.2, -0.15) is 0 Å². The van der Waals surface area contributed by atoms with Crippen LogP contribution in [0.5, 0.6) is 0 Å². The van der Waals surface area contributed by atoms with E-state index in [1.54, 1.807) is 28.9 Å². The van der Waals surface area contributed by atoms with Gasteiger partial charge in [-0.25, -0.2) is 9.78 Å². The van der Waals surface area contributed by atoms with Crippen molar-refractivity contribution in [2.24, 2.45) is 5.16 Å². The minimum Gasteiger partial charge on any atom is -0.398 e. The van der Waals surface area contributed by atoms with Crippen molar-refractivity contribution in [3.8, 4) is 0 Å². The molecule has 2 amide bonds. The molecule has 2 fully saturated rings. The summed E-state index contributed by atoms with van der Waals surface area (Å²) < 4.78 is 0. The predicted octanol–water partition coefficient (Wildman–Crippen LogP) is 4.81. The molecule has 5 heterocycles. The summed E-state index contributed by atoms with van der Waals surface area (Å²) >= 11 is 4.15. The quantitative estimate of drug-likeness (QED) is 0.0408. The minimum atomic E-state index is -1.44. The summed E-state index contributed by atoms with van der Waals surface area (Å²) in [5, 5.41) is 23.5. The smallest absolute Gasteiger partial charge is 0.373 e. The van der Waals surface area contributed by atoms with E-state index in [2.05, 4.69) is 62.1 Å². The average Bonchev–Trinajstić information content (AvgIpc) is 3.78. The van der Waals surface area contributed by atoms with Crippen LogP contribution in [0.3, 0.4) is 0 Å².